The first kappa shape index (κ1) is 12.5. The molecule has 0 amide bonds. The van der Waals surface area contributed by atoms with Crippen molar-refractivity contribution in [2.45, 2.75) is 18.7 Å². The van der Waals surface area contributed by atoms with Crippen LogP contribution in [0.25, 0.3) is 0 Å². The van der Waals surface area contributed by atoms with Crippen LogP contribution in [0, 0.1) is 0 Å². The molecule has 2 nitrogen and oxygen atoms in total. The normalized spacial score (nSPS) is 15.5. The van der Waals surface area contributed by atoms with Crippen molar-refractivity contribution in [2.24, 2.45) is 0 Å². The van der Waals surface area contributed by atoms with Crippen molar-refractivity contribution in [3.8, 4) is 5.75 Å². The largest absolute Gasteiger partial charge is 0.486 e. The van der Waals surface area contributed by atoms with E-state index in [-0.39, 0.29) is 12.3 Å². The Kier molecular flexibility index (Phi) is 4.16. The second kappa shape index (κ2) is 7.31. The predicted octanol–water partition coefficient (Wildman–Crippen LogP) is 4.44. The van der Waals surface area contributed by atoms with Crippen molar-refractivity contribution in [1.29, 1.82) is 0 Å². The van der Waals surface area contributed by atoms with Crippen LogP contribution in [-0.2, 0) is 6.18 Å². The number of rotatable bonds is 6. The van der Waals surface area contributed by atoms with Crippen LogP contribution in [0.4, 0.5) is 13.2 Å². The highest BCUT2D eigenvalue weighted by molar-refractivity contribution is 5.30. The molecule has 118 valence electrons. The van der Waals surface area contributed by atoms with Gasteiger partial charge in [0.25, 0.3) is 0 Å². The summed E-state index contributed by atoms with van der Waals surface area (Å²) in [5, 5.41) is 2.41. The Bertz CT molecular complexity index is 658. The zero-order valence-electron chi connectivity index (χ0n) is 14.7. The van der Waals surface area contributed by atoms with Crippen molar-refractivity contribution < 1.29 is 22.0 Å². The van der Waals surface area contributed by atoms with Crippen molar-refractivity contribution in [1.82, 2.24) is 5.32 Å². The first-order chi connectivity index (χ1) is 11.6. The van der Waals surface area contributed by atoms with E-state index in [2.05, 4.69) is 5.32 Å². The van der Waals surface area contributed by atoms with Gasteiger partial charge in [-0.05, 0) is 43.3 Å². The molecule has 0 bridgehead atoms. The summed E-state index contributed by atoms with van der Waals surface area (Å²) in [6.45, 7) is -2.08. The van der Waals surface area contributed by atoms with Crippen LogP contribution in [0.1, 0.15) is 27.8 Å². The molecule has 0 aliphatic carbocycles. The Balaban J connectivity index is 2.10. The summed E-state index contributed by atoms with van der Waals surface area (Å²) in [4.78, 5) is 0. The summed E-state index contributed by atoms with van der Waals surface area (Å²) in [5.74, 6) is 0.288. The number of ether oxygens (including phenoxy) is 1. The van der Waals surface area contributed by atoms with Crippen molar-refractivity contribution in [3.05, 3.63) is 65.7 Å². The molecule has 0 saturated heterocycles. The molecule has 0 unspecified atom stereocenters. The van der Waals surface area contributed by atoms with Gasteiger partial charge >= 0.3 is 6.18 Å². The molecule has 0 spiro atoms. The molecular weight excluding hydrogens is 291 g/mol. The van der Waals surface area contributed by atoms with Gasteiger partial charge in [-0.3, -0.25) is 0 Å². The molecule has 2 rings (SSSR count). The Labute approximate surface area is 132 Å². The lowest BCUT2D eigenvalue weighted by atomic mass is 10.1. The van der Waals surface area contributed by atoms with Crippen molar-refractivity contribution >= 4 is 0 Å². The molecule has 1 atom stereocenters. The van der Waals surface area contributed by atoms with Gasteiger partial charge in [-0.25, -0.2) is 0 Å². The summed E-state index contributed by atoms with van der Waals surface area (Å²) in [6.07, 6.45) is -4.53. The van der Waals surface area contributed by atoms with Gasteiger partial charge in [0, 0.05) is 10.5 Å². The van der Waals surface area contributed by atoms with Crippen LogP contribution in [0.3, 0.4) is 0 Å². The van der Waals surface area contributed by atoms with Gasteiger partial charge in [-0.2, -0.15) is 13.2 Å². The fourth-order valence-electron chi connectivity index (χ4n) is 2.05. The lowest BCUT2D eigenvalue weighted by molar-refractivity contribution is -0.137. The third-order valence-electron chi connectivity index (χ3n) is 3.16. The molecular formula is C17H18F3NO. The van der Waals surface area contributed by atoms with E-state index in [1.807, 2.05) is 30.3 Å². The van der Waals surface area contributed by atoms with E-state index in [4.69, 9.17) is 8.85 Å². The molecule has 0 saturated carbocycles. The molecule has 0 fully saturated rings. The van der Waals surface area contributed by atoms with Crippen LogP contribution in [0.2, 0.25) is 0 Å². The first-order valence-electron chi connectivity index (χ1n) is 8.29. The topological polar surface area (TPSA) is 21.3 Å². The molecule has 2 aromatic carbocycles. The van der Waals surface area contributed by atoms with E-state index in [0.717, 1.165) is 17.7 Å². The van der Waals surface area contributed by atoms with Gasteiger partial charge in [-0.15, -0.1) is 0 Å². The summed E-state index contributed by atoms with van der Waals surface area (Å²) in [7, 11) is 0. The maximum atomic E-state index is 12.6. The average Bonchev–Trinajstić information content (AvgIpc) is 2.53. The van der Waals surface area contributed by atoms with Crippen LogP contribution in [-0.4, -0.2) is 13.5 Å². The number of halogens is 3. The van der Waals surface area contributed by atoms with Gasteiger partial charge in [0.05, 0.1) is 5.56 Å². The van der Waals surface area contributed by atoms with Crippen LogP contribution in [0.5, 0.6) is 5.75 Å². The molecule has 1 N–H and O–H groups in total. The second-order valence-electron chi connectivity index (χ2n) is 4.75. The molecule has 0 heterocycles. The van der Waals surface area contributed by atoms with E-state index in [1.54, 1.807) is 0 Å². The van der Waals surface area contributed by atoms with E-state index < -0.39 is 24.8 Å². The van der Waals surface area contributed by atoms with Gasteiger partial charge in [-0.1, -0.05) is 30.3 Å². The molecule has 5 heteroatoms. The summed E-state index contributed by atoms with van der Waals surface area (Å²) in [5.41, 5.74) is 0.0647. The molecule has 0 aliphatic heterocycles. The third-order valence-corrected chi connectivity index (χ3v) is 3.16. The summed E-state index contributed by atoms with van der Waals surface area (Å²) >= 11 is 0. The van der Waals surface area contributed by atoms with E-state index in [1.165, 1.54) is 12.1 Å². The lowest BCUT2D eigenvalue weighted by Crippen LogP contribution is -2.16. The lowest BCUT2D eigenvalue weighted by Gasteiger charge is -2.20. The zero-order valence-corrected chi connectivity index (χ0v) is 11.7. The highest BCUT2D eigenvalue weighted by Crippen LogP contribution is 2.31. The highest BCUT2D eigenvalue weighted by atomic mass is 19.4. The Hall–Kier alpha value is -2.01. The molecule has 2 aromatic rings. The minimum Gasteiger partial charge on any atom is -0.486 e. The van der Waals surface area contributed by atoms with Gasteiger partial charge in [0.15, 0.2) is 0 Å². The van der Waals surface area contributed by atoms with E-state index in [9.17, 15) is 13.2 Å². The van der Waals surface area contributed by atoms with E-state index >= 15 is 0 Å². The highest BCUT2D eigenvalue weighted by Gasteiger charge is 2.30. The molecule has 0 aliphatic rings. The number of alkyl halides is 3. The first-order valence-corrected chi connectivity index (χ1v) is 6.79. The zero-order chi connectivity index (χ0) is 18.5. The fraction of sp³-hybridized carbons (Fsp3) is 0.294. The Morgan fingerprint density at radius 1 is 1.09 bits per heavy atom. The van der Waals surface area contributed by atoms with Gasteiger partial charge in [0.2, 0.25) is 0 Å². The maximum Gasteiger partial charge on any atom is 0.416 e. The minimum absolute atomic E-state index is 0.177. The third kappa shape index (κ3) is 4.49. The van der Waals surface area contributed by atoms with Crippen LogP contribution < -0.4 is 10.1 Å². The number of nitrogens with one attached hydrogen (secondary N) is 1. The predicted molar refractivity (Wildman–Crippen MR) is 79.8 cm³/mol. The molecule has 22 heavy (non-hydrogen) atoms. The quantitative estimate of drug-likeness (QED) is 0.851. The van der Waals surface area contributed by atoms with Crippen LogP contribution in [0.15, 0.2) is 54.6 Å². The Morgan fingerprint density at radius 3 is 2.36 bits per heavy atom. The second-order valence-corrected chi connectivity index (χ2v) is 4.75. The van der Waals surface area contributed by atoms with Gasteiger partial charge in [0.1, 0.15) is 11.9 Å². The number of hydrogen-bond donors (Lipinski definition) is 1. The van der Waals surface area contributed by atoms with E-state index in [0.29, 0.717) is 6.42 Å². The van der Waals surface area contributed by atoms with Crippen molar-refractivity contribution in [2.75, 3.05) is 13.5 Å². The summed E-state index contributed by atoms with van der Waals surface area (Å²) < 4.78 is 65.1. The number of hydrogen-bond acceptors (Lipinski definition) is 2. The standard InChI is InChI=1S/C17H18F3NO/c1-21-12-11-16(13-5-3-2-4-6-13)22-15-9-7-14(8-10-15)17(18,19)20/h2-10,16,21H,11-12H2,1H3/t16-/m1/s1/i1D3. The average molecular weight is 312 g/mol. The SMILES string of the molecule is [2H]C([2H])([2H])NCC[C@@H](Oc1ccc(C(F)(F)F)cc1)c1ccccc1. The number of benzene rings is 2. The minimum atomic E-state index is -4.40. The fourth-order valence-corrected chi connectivity index (χ4v) is 2.05. The van der Waals surface area contributed by atoms with Crippen LogP contribution >= 0.6 is 0 Å². The van der Waals surface area contributed by atoms with Crippen molar-refractivity contribution in [3.63, 3.8) is 0 Å². The maximum absolute atomic E-state index is 12.6. The molecule has 0 aromatic heterocycles. The molecule has 0 radical (unpaired) electrons. The van der Waals surface area contributed by atoms with Gasteiger partial charge < -0.3 is 10.1 Å². The smallest absolute Gasteiger partial charge is 0.416 e. The summed E-state index contributed by atoms with van der Waals surface area (Å²) in [6, 6.07) is 13.5. The Morgan fingerprint density at radius 2 is 1.77 bits per heavy atom. The monoisotopic (exact) mass is 312 g/mol.